The molecule has 0 aromatic carbocycles. The topological polar surface area (TPSA) is 13.0 Å². The largest absolute Gasteiger partial charge is 4.00 e. The van der Waals surface area contributed by atoms with Gasteiger partial charge in [-0.15, -0.1) is 0 Å². The Kier molecular flexibility index (Phi) is 153. The third-order valence-electron chi connectivity index (χ3n) is 31.3. The summed E-state index contributed by atoms with van der Waals surface area (Å²) in [5.74, 6) is 0. The number of rotatable bonds is 120. The fraction of sp³-hybridized carbons (Fsp3) is 0.970. The van der Waals surface area contributed by atoms with Crippen molar-refractivity contribution in [3.05, 3.63) is 0 Å². The second-order valence-electron chi connectivity index (χ2n) is 45.8. The van der Waals surface area contributed by atoms with E-state index in [9.17, 15) is 0 Å². The molecule has 0 saturated heterocycles. The first-order valence-corrected chi connectivity index (χ1v) is 70.0. The van der Waals surface area contributed by atoms with E-state index in [1.54, 1.807) is 0 Å². The fourth-order valence-electron chi connectivity index (χ4n) is 21.2. The number of hydrogen-bond acceptors (Lipinski definition) is 8. The number of nitrogens with zero attached hydrogens (tertiary/aromatic N) is 4. The van der Waals surface area contributed by atoms with Gasteiger partial charge in [0.25, 0.3) is 0 Å². The molecule has 0 bridgehead atoms. The minimum atomic E-state index is 0. The van der Waals surface area contributed by atoms with Gasteiger partial charge in [-0.25, -0.2) is 0 Å². The zero-order valence-electron chi connectivity index (χ0n) is 100. The van der Waals surface area contributed by atoms with Gasteiger partial charge in [0.05, 0.1) is 0 Å². The minimum Gasteiger partial charge on any atom is -0.411 e. The molecule has 0 heterocycles. The predicted molar refractivity (Wildman–Crippen MR) is 694 cm³/mol. The normalized spacial score (nSPS) is 11.2. The van der Waals surface area contributed by atoms with Gasteiger partial charge in [-0.2, -0.15) is 0 Å². The second kappa shape index (κ2) is 143. The van der Waals surface area contributed by atoms with Crippen LogP contribution in [0.4, 0.5) is 0 Å². The smallest absolute Gasteiger partial charge is 0.411 e. The molecule has 145 heavy (non-hydrogen) atoms. The Morgan fingerprint density at radius 1 is 0.103 bits per heavy atom. The summed E-state index contributed by atoms with van der Waals surface area (Å²) < 4.78 is 2.78. The van der Waals surface area contributed by atoms with E-state index in [0.29, 0.717) is 17.3 Å². The number of hydrogen-bond donors (Lipinski definition) is 0. The number of unbranched alkanes of at least 4 members (excludes halogenated alkanes) is 104. The van der Waals surface area contributed by atoms with E-state index in [-0.39, 0.29) is 27.3 Å². The Morgan fingerprint density at radius 2 is 0.152 bits per heavy atom. The van der Waals surface area contributed by atoms with Gasteiger partial charge < -0.3 is 119 Å². The van der Waals surface area contributed by atoms with E-state index in [1.165, 1.54) is 719 Å². The maximum atomic E-state index is 5.36. The van der Waals surface area contributed by atoms with Crippen molar-refractivity contribution in [3.63, 3.8) is 0 Å². The Balaban J connectivity index is -0.000000599. The Labute approximate surface area is 981 Å². The first-order chi connectivity index (χ1) is 70.9. The fourth-order valence-corrected chi connectivity index (χ4v) is 22.6. The standard InChI is InChI=1S/4C33H67NS2.Pb/c4*1-3-5-7-9-11-13-15-17-19-21-23-25-27-29-31-34(33(35)36)32-30-28-26-24-22-20-18-16-14-12-10-8-6-4-2;/h4*3-32H2,1-2H3,(H,35,36);/q;;;;+4/p-4. The monoisotopic (exact) mass is 2370 g/mol. The van der Waals surface area contributed by atoms with E-state index in [0.717, 1.165) is 52.4 Å². The number of thiocarbonyl (C=S) groups is 4. The van der Waals surface area contributed by atoms with Crippen LogP contribution in [0.25, 0.3) is 0 Å². The molecule has 0 rings (SSSR count). The quantitative estimate of drug-likeness (QED) is 0.0249. The molecule has 0 N–H and O–H groups in total. The van der Waals surface area contributed by atoms with Crippen LogP contribution in [-0.4, -0.2) is 117 Å². The Morgan fingerprint density at radius 3 is 0.200 bits per heavy atom. The summed E-state index contributed by atoms with van der Waals surface area (Å²) in [6.45, 7) is 27.0. The molecule has 0 amide bonds. The van der Waals surface area contributed by atoms with Gasteiger partial charge in [0.2, 0.25) is 0 Å². The Hall–Kier alpha value is 1.36. The maximum Gasteiger partial charge on any atom is 4.00 e. The zero-order valence-corrected chi connectivity index (χ0v) is 111. The van der Waals surface area contributed by atoms with Crippen LogP contribution in [0.2, 0.25) is 0 Å². The van der Waals surface area contributed by atoms with Gasteiger partial charge in [-0.3, -0.25) is 0 Å². The molecular formula is C132H264N4PbS8. The third kappa shape index (κ3) is 141. The molecule has 0 radical (unpaired) electrons. The van der Waals surface area contributed by atoms with Crippen molar-refractivity contribution >= 4 is 144 Å². The molecule has 0 aliphatic heterocycles. The van der Waals surface area contributed by atoms with Crippen molar-refractivity contribution in [2.75, 3.05) is 52.4 Å². The van der Waals surface area contributed by atoms with Crippen molar-refractivity contribution in [1.82, 2.24) is 19.6 Å². The Bertz CT molecular complexity index is 1900. The van der Waals surface area contributed by atoms with Crippen LogP contribution in [0.1, 0.15) is 775 Å². The van der Waals surface area contributed by atoms with Gasteiger partial charge >= 0.3 is 27.3 Å². The van der Waals surface area contributed by atoms with Gasteiger partial charge in [0, 0.05) is 52.4 Å². The summed E-state index contributed by atoms with van der Waals surface area (Å²) in [6.07, 6.45) is 158. The van der Waals surface area contributed by atoms with Crippen molar-refractivity contribution in [2.24, 2.45) is 0 Å². The maximum absolute atomic E-state index is 5.36. The summed E-state index contributed by atoms with van der Waals surface area (Å²) in [7, 11) is 0. The van der Waals surface area contributed by atoms with Crippen LogP contribution >= 0.6 is 48.9 Å². The van der Waals surface area contributed by atoms with E-state index in [4.69, 9.17) is 99.4 Å². The van der Waals surface area contributed by atoms with E-state index in [1.807, 2.05) is 0 Å². The molecule has 0 aliphatic rings. The average Bonchev–Trinajstić information content (AvgIpc) is 0.978. The molecule has 13 heteroatoms. The molecule has 0 aromatic heterocycles. The summed E-state index contributed by atoms with van der Waals surface area (Å²) in [5, 5.41) is 0. The predicted octanol–water partition coefficient (Wildman–Crippen LogP) is 48.0. The molecule has 0 unspecified atom stereocenters. The SMILES string of the molecule is CCCCCCCCCCCCCCCCN(CCCCCCCCCCCCCCCC)C(=S)[S-].CCCCCCCCCCCCCCCCN(CCCCCCCCCCCCCCCC)C(=S)[S-].CCCCCCCCCCCCCCCCN(CCCCCCCCCCCCCCCC)C(=S)[S-].CCCCCCCCCCCCCCCCN(CCCCCCCCCCCCCCCC)C(=S)[S-].[Pb+4]. The molecule has 864 valence electrons. The van der Waals surface area contributed by atoms with Crippen LogP contribution in [-0.2, 0) is 50.5 Å². The van der Waals surface area contributed by atoms with Crippen molar-refractivity contribution in [3.8, 4) is 0 Å². The van der Waals surface area contributed by atoms with E-state index < -0.39 is 0 Å². The van der Waals surface area contributed by atoms with E-state index in [2.05, 4.69) is 75.0 Å². The summed E-state index contributed by atoms with van der Waals surface area (Å²) in [6, 6.07) is 0. The van der Waals surface area contributed by atoms with Crippen LogP contribution < -0.4 is 0 Å². The van der Waals surface area contributed by atoms with Gasteiger partial charge in [-0.1, -0.05) is 740 Å². The van der Waals surface area contributed by atoms with Gasteiger partial charge in [-0.05, 0) is 51.4 Å². The second-order valence-corrected chi connectivity index (χ2v) is 49.9. The van der Waals surface area contributed by atoms with Crippen LogP contribution in [0, 0.1) is 0 Å². The zero-order chi connectivity index (χ0) is 105. The van der Waals surface area contributed by atoms with E-state index >= 15 is 0 Å². The van der Waals surface area contributed by atoms with Crippen LogP contribution in [0.5, 0.6) is 0 Å². The summed E-state index contributed by atoms with van der Waals surface area (Å²) in [4.78, 5) is 9.19. The molecule has 0 saturated carbocycles. The summed E-state index contributed by atoms with van der Waals surface area (Å²) >= 11 is 42.9. The molecule has 4 nitrogen and oxygen atoms in total. The third-order valence-corrected chi connectivity index (χ3v) is 33.4. The van der Waals surface area contributed by atoms with Gasteiger partial charge in [0.1, 0.15) is 0 Å². The average molecular weight is 2370 g/mol. The molecule has 0 atom stereocenters. The molecule has 0 spiro atoms. The van der Waals surface area contributed by atoms with Crippen molar-refractivity contribution in [1.29, 1.82) is 0 Å². The van der Waals surface area contributed by atoms with Gasteiger partial charge in [0.15, 0.2) is 0 Å². The first-order valence-electron chi connectivity index (χ1n) is 66.7. The van der Waals surface area contributed by atoms with Crippen molar-refractivity contribution in [2.45, 2.75) is 775 Å². The van der Waals surface area contributed by atoms with Crippen LogP contribution in [0.3, 0.4) is 0 Å². The molecule has 0 fully saturated rings. The molecule has 0 aliphatic carbocycles. The summed E-state index contributed by atoms with van der Waals surface area (Å²) in [5.41, 5.74) is 0. The molecule has 0 aromatic rings. The minimum absolute atomic E-state index is 0. The molecular weight excluding hydrogens is 2110 g/mol. The first kappa shape index (κ1) is 155. The van der Waals surface area contributed by atoms with Crippen LogP contribution in [0.15, 0.2) is 0 Å². The van der Waals surface area contributed by atoms with Crippen molar-refractivity contribution < 1.29 is 0 Å².